The second-order valence-electron chi connectivity index (χ2n) is 19.5. The number of nitrogens with one attached hydrogen (secondary N) is 2. The Bertz CT molecular complexity index is 3280. The lowest BCUT2D eigenvalue weighted by Crippen LogP contribution is -2.65. The van der Waals surface area contributed by atoms with Gasteiger partial charge in [-0.3, -0.25) is 15.4 Å². The number of anilines is 3. The number of sulfone groups is 1. The number of hydrogen-bond donors (Lipinski definition) is 8. The first-order valence-corrected chi connectivity index (χ1v) is 27.1. The third-order valence-corrected chi connectivity index (χ3v) is 16.0. The molecule has 0 bridgehead atoms. The Hall–Kier alpha value is -7.36. The summed E-state index contributed by atoms with van der Waals surface area (Å²) in [5, 5.41) is 70.8. The number of ether oxygens (including phenoxy) is 5. The SMILES string of the molecule is O=C(Nc1ccccc1F)OCC1O[C@@H](O[C@H]2C(CO)O[C@@H](CS(=O)(=O)c3ccc(-c4ccc([C@@H]5[C@@H](CC[C@H](O)c6ccc(F)cc6)C(=O)N5c5ccc(F)cc5)cc4)cc3)C(O)[C@H]2O)C(O)[C@@H](O)[C@H]1OC(=O)Nc1ccccc1F. The van der Waals surface area contributed by atoms with Gasteiger partial charge in [0.25, 0.3) is 0 Å². The van der Waals surface area contributed by atoms with E-state index in [2.05, 4.69) is 10.6 Å². The number of rotatable bonds is 18. The van der Waals surface area contributed by atoms with Crippen molar-refractivity contribution in [2.75, 3.05) is 34.5 Å². The van der Waals surface area contributed by atoms with E-state index < -0.39 is 144 Å². The highest BCUT2D eigenvalue weighted by Crippen LogP contribution is 2.47. The van der Waals surface area contributed by atoms with E-state index in [-0.39, 0.29) is 35.0 Å². The van der Waals surface area contributed by atoms with Gasteiger partial charge < -0.3 is 59.2 Å². The van der Waals surface area contributed by atoms with Crippen LogP contribution >= 0.6 is 0 Å². The lowest BCUT2D eigenvalue weighted by atomic mass is 9.78. The minimum atomic E-state index is -4.33. The molecule has 6 aromatic carbocycles. The molecule has 0 aromatic heterocycles. The van der Waals surface area contributed by atoms with Crippen molar-refractivity contribution in [1.82, 2.24) is 0 Å². The number of halogens is 4. The molecule has 0 saturated carbocycles. The lowest BCUT2D eigenvalue weighted by Gasteiger charge is -2.48. The van der Waals surface area contributed by atoms with Crippen molar-refractivity contribution in [1.29, 1.82) is 0 Å². The van der Waals surface area contributed by atoms with E-state index in [0.29, 0.717) is 22.4 Å². The number of nitrogens with zero attached hydrogens (tertiary/aromatic N) is 1. The van der Waals surface area contributed by atoms with Crippen molar-refractivity contribution in [3.63, 3.8) is 0 Å². The molecule has 4 unspecified atom stereocenters. The minimum absolute atomic E-state index is 0.202. The fraction of sp³-hybridized carbons (Fsp3) is 0.316. The first-order chi connectivity index (χ1) is 38.8. The average molecular weight is 1150 g/mol. The Morgan fingerprint density at radius 2 is 1.20 bits per heavy atom. The van der Waals surface area contributed by atoms with Crippen LogP contribution in [-0.4, -0.2) is 137 Å². The lowest BCUT2D eigenvalue weighted by molar-refractivity contribution is -0.340. The van der Waals surface area contributed by atoms with Gasteiger partial charge in [0.05, 0.1) is 46.7 Å². The zero-order valence-electron chi connectivity index (χ0n) is 42.5. The van der Waals surface area contributed by atoms with Gasteiger partial charge in [-0.25, -0.2) is 35.6 Å². The Morgan fingerprint density at radius 1 is 0.642 bits per heavy atom. The van der Waals surface area contributed by atoms with Gasteiger partial charge in [-0.05, 0) is 108 Å². The number of amides is 3. The molecule has 3 aliphatic rings. The van der Waals surface area contributed by atoms with E-state index >= 15 is 0 Å². The van der Waals surface area contributed by atoms with Crippen LogP contribution in [0.2, 0.25) is 0 Å². The number of benzene rings is 6. The second-order valence-corrected chi connectivity index (χ2v) is 21.5. The highest BCUT2D eigenvalue weighted by molar-refractivity contribution is 7.91. The molecule has 13 atom stereocenters. The highest BCUT2D eigenvalue weighted by Gasteiger charge is 2.53. The molecule has 0 aliphatic carbocycles. The van der Waals surface area contributed by atoms with Crippen molar-refractivity contribution in [2.24, 2.45) is 5.92 Å². The summed E-state index contributed by atoms with van der Waals surface area (Å²) in [6.07, 6.45) is -22.2. The largest absolute Gasteiger partial charge is 0.446 e. The van der Waals surface area contributed by atoms with E-state index in [4.69, 9.17) is 23.7 Å². The predicted octanol–water partition coefficient (Wildman–Crippen LogP) is 6.08. The van der Waals surface area contributed by atoms with Gasteiger partial charge in [-0.2, -0.15) is 0 Å². The van der Waals surface area contributed by atoms with Crippen LogP contribution in [0.25, 0.3) is 11.1 Å². The maximum absolute atomic E-state index is 14.4. The molecule has 3 aliphatic heterocycles. The molecule has 3 fully saturated rings. The summed E-state index contributed by atoms with van der Waals surface area (Å²) in [5.74, 6) is -4.31. The summed E-state index contributed by atoms with van der Waals surface area (Å²) >= 11 is 0. The van der Waals surface area contributed by atoms with E-state index in [1.807, 2.05) is 0 Å². The number of β-lactam (4-membered cyclic amide) rings is 1. The van der Waals surface area contributed by atoms with Crippen LogP contribution in [0.3, 0.4) is 0 Å². The summed E-state index contributed by atoms with van der Waals surface area (Å²) in [6.45, 7) is -1.85. The van der Waals surface area contributed by atoms with Crippen molar-refractivity contribution in [3.8, 4) is 11.1 Å². The molecule has 3 saturated heterocycles. The summed E-state index contributed by atoms with van der Waals surface area (Å²) in [5.41, 5.74) is 2.34. The fourth-order valence-electron chi connectivity index (χ4n) is 9.94. The van der Waals surface area contributed by atoms with Gasteiger partial charge in [0.1, 0.15) is 78.7 Å². The molecule has 81 heavy (non-hydrogen) atoms. The fourth-order valence-corrected chi connectivity index (χ4v) is 11.4. The molecule has 8 N–H and O–H groups in total. The molecule has 3 amide bonds. The number of carbonyl (C=O) groups excluding carboxylic acids is 3. The van der Waals surface area contributed by atoms with Crippen molar-refractivity contribution < 1.29 is 94.7 Å². The zero-order valence-corrected chi connectivity index (χ0v) is 43.3. The van der Waals surface area contributed by atoms with Gasteiger partial charge in [0.15, 0.2) is 22.2 Å². The van der Waals surface area contributed by atoms with Gasteiger partial charge in [-0.1, -0.05) is 72.8 Å². The van der Waals surface area contributed by atoms with Crippen LogP contribution in [0.4, 0.5) is 44.2 Å². The average Bonchev–Trinajstić information content (AvgIpc) is 3.60. The molecular formula is C57H55F4N3O16S. The molecule has 3 heterocycles. The quantitative estimate of drug-likeness (QED) is 0.0358. The van der Waals surface area contributed by atoms with Crippen LogP contribution < -0.4 is 15.5 Å². The molecule has 19 nitrogen and oxygen atoms in total. The number of para-hydroxylation sites is 2. The first-order valence-electron chi connectivity index (χ1n) is 25.5. The predicted molar refractivity (Wildman–Crippen MR) is 280 cm³/mol. The third kappa shape index (κ3) is 13.2. The zero-order chi connectivity index (χ0) is 57.7. The van der Waals surface area contributed by atoms with Gasteiger partial charge in [-0.15, -0.1) is 0 Å². The van der Waals surface area contributed by atoms with Crippen LogP contribution in [-0.2, 0) is 38.3 Å². The van der Waals surface area contributed by atoms with Gasteiger partial charge >= 0.3 is 12.2 Å². The molecule has 9 rings (SSSR count). The topological polar surface area (TPSA) is 280 Å². The van der Waals surface area contributed by atoms with Crippen molar-refractivity contribution >= 4 is 45.0 Å². The van der Waals surface area contributed by atoms with Gasteiger partial charge in [0.2, 0.25) is 5.91 Å². The Morgan fingerprint density at radius 3 is 1.79 bits per heavy atom. The Kier molecular flexibility index (Phi) is 18.1. The normalized spacial score (nSPS) is 26.0. The minimum Gasteiger partial charge on any atom is -0.446 e. The molecular weight excluding hydrogens is 1090 g/mol. The maximum Gasteiger partial charge on any atom is 0.412 e. The number of aliphatic hydroxyl groups excluding tert-OH is 6. The number of hydrogen-bond acceptors (Lipinski definition) is 16. The molecule has 6 aromatic rings. The second kappa shape index (κ2) is 25.2. The summed E-state index contributed by atoms with van der Waals surface area (Å²) < 4.78 is 112. The third-order valence-electron chi connectivity index (χ3n) is 14.2. The molecule has 0 spiro atoms. The molecule has 428 valence electrons. The summed E-state index contributed by atoms with van der Waals surface area (Å²) in [7, 11) is -4.33. The van der Waals surface area contributed by atoms with E-state index in [1.165, 1.54) is 109 Å². The van der Waals surface area contributed by atoms with E-state index in [0.717, 1.165) is 17.7 Å². The van der Waals surface area contributed by atoms with E-state index in [9.17, 15) is 71.0 Å². The molecule has 0 radical (unpaired) electrons. The van der Waals surface area contributed by atoms with Crippen LogP contribution in [0.5, 0.6) is 0 Å². The number of aliphatic hydroxyl groups is 6. The Labute approximate surface area is 460 Å². The van der Waals surface area contributed by atoms with Crippen LogP contribution in [0.15, 0.2) is 150 Å². The smallest absolute Gasteiger partial charge is 0.412 e. The maximum atomic E-state index is 14.4. The van der Waals surface area contributed by atoms with Crippen LogP contribution in [0.1, 0.15) is 36.1 Å². The van der Waals surface area contributed by atoms with Gasteiger partial charge in [0, 0.05) is 5.69 Å². The van der Waals surface area contributed by atoms with E-state index in [1.54, 1.807) is 29.2 Å². The monoisotopic (exact) mass is 1150 g/mol. The molecule has 24 heteroatoms. The van der Waals surface area contributed by atoms with Crippen molar-refractivity contribution in [3.05, 3.63) is 180 Å². The summed E-state index contributed by atoms with van der Waals surface area (Å²) in [6, 6.07) is 33.3. The first kappa shape index (κ1) is 58.3. The van der Waals surface area contributed by atoms with Crippen LogP contribution in [0, 0.1) is 29.2 Å². The summed E-state index contributed by atoms with van der Waals surface area (Å²) in [4.78, 5) is 40.7. The standard InChI is InChI=1S/C57H55F4N3O16S/c58-34-17-13-32(14-18-34)43(66)26-25-38-47(64(54(38)71)36-21-19-35(59)20-22-36)33-11-9-30(10-12-33)31-15-23-37(24-16-31)81(74,75)29-46-48(67)49(68)52(44(27-65)77-46)79-55-51(70)50(69)53(80-57(73)63-42-8-4-2-6-40(42)61)45(78-55)28-76-56(72)62-41-7-3-1-5-39(41)60/h1-24,38,43-53,55,65-70H,25-29H2,(H,62,72)(H,63,73)/t38-,43+,44?,45?,46+,47-,48?,49-,50-,51?,52+,53+,55+/m1/s1. The Balaban J connectivity index is 0.848. The van der Waals surface area contributed by atoms with Crippen molar-refractivity contribution in [2.45, 2.75) is 91.1 Å². The number of carbonyl (C=O) groups is 3. The highest BCUT2D eigenvalue weighted by atomic mass is 32.2.